The van der Waals surface area contributed by atoms with Gasteiger partial charge in [0.15, 0.2) is 0 Å². The van der Waals surface area contributed by atoms with E-state index in [1.807, 2.05) is 0 Å². The van der Waals surface area contributed by atoms with Crippen molar-refractivity contribution in [2.24, 2.45) is 5.73 Å². The lowest BCUT2D eigenvalue weighted by molar-refractivity contribution is -0.138. The van der Waals surface area contributed by atoms with Gasteiger partial charge < -0.3 is 15.4 Å². The second-order valence-electron chi connectivity index (χ2n) is 3.94. The second-order valence-corrected chi connectivity index (χ2v) is 3.94. The van der Waals surface area contributed by atoms with E-state index in [0.717, 1.165) is 30.8 Å². The number of hydrogen-bond donors (Lipinski definition) is 2. The van der Waals surface area contributed by atoms with Crippen LogP contribution in [0.5, 0.6) is 0 Å². The smallest absolute Gasteiger partial charge is 0.320 e. The number of carbonyl (C=O) groups is 1. The standard InChI is InChI=1S/C10H15N3O2/c11-7(10(14)15)5-8-9-3-1-2-4-13(9)6-12-8/h6-7H,1-5,11H2,(H,14,15). The Morgan fingerprint density at radius 2 is 2.47 bits per heavy atom. The summed E-state index contributed by atoms with van der Waals surface area (Å²) in [5, 5.41) is 8.73. The molecule has 1 unspecified atom stereocenters. The molecule has 3 N–H and O–H groups in total. The molecule has 5 heteroatoms. The molecule has 0 spiro atoms. The van der Waals surface area contributed by atoms with Gasteiger partial charge in [0.1, 0.15) is 6.04 Å². The number of fused-ring (bicyclic) bond motifs is 1. The molecule has 2 heterocycles. The van der Waals surface area contributed by atoms with E-state index in [1.54, 1.807) is 6.33 Å². The van der Waals surface area contributed by atoms with Crippen LogP contribution in [0.4, 0.5) is 0 Å². The number of hydrogen-bond acceptors (Lipinski definition) is 3. The second kappa shape index (κ2) is 4.02. The van der Waals surface area contributed by atoms with Gasteiger partial charge in [-0.3, -0.25) is 4.79 Å². The summed E-state index contributed by atoms with van der Waals surface area (Å²) in [5.41, 5.74) is 7.51. The van der Waals surface area contributed by atoms with Crippen molar-refractivity contribution in [3.63, 3.8) is 0 Å². The average molecular weight is 209 g/mol. The molecular weight excluding hydrogens is 194 g/mol. The highest BCUT2D eigenvalue weighted by Crippen LogP contribution is 2.18. The van der Waals surface area contributed by atoms with Gasteiger partial charge in [0.05, 0.1) is 12.0 Å². The predicted molar refractivity (Wildman–Crippen MR) is 54.5 cm³/mol. The lowest BCUT2D eigenvalue weighted by atomic mass is 10.0. The normalized spacial score (nSPS) is 17.1. The molecule has 1 atom stereocenters. The van der Waals surface area contributed by atoms with Crippen molar-refractivity contribution in [1.29, 1.82) is 0 Å². The molecule has 1 aromatic heterocycles. The fourth-order valence-corrected chi connectivity index (χ4v) is 1.97. The molecule has 0 aromatic carbocycles. The Labute approximate surface area is 87.9 Å². The minimum Gasteiger partial charge on any atom is -0.480 e. The van der Waals surface area contributed by atoms with E-state index in [2.05, 4.69) is 9.55 Å². The van der Waals surface area contributed by atoms with E-state index in [9.17, 15) is 4.79 Å². The van der Waals surface area contributed by atoms with Crippen LogP contribution in [-0.2, 0) is 24.2 Å². The molecule has 1 aliphatic heterocycles. The lowest BCUT2D eigenvalue weighted by Crippen LogP contribution is -2.32. The van der Waals surface area contributed by atoms with Crippen molar-refractivity contribution < 1.29 is 9.90 Å². The zero-order valence-electron chi connectivity index (χ0n) is 8.52. The third kappa shape index (κ3) is 2.02. The molecule has 0 radical (unpaired) electrons. The minimum absolute atomic E-state index is 0.331. The monoisotopic (exact) mass is 209 g/mol. The molecule has 5 nitrogen and oxygen atoms in total. The molecule has 0 bridgehead atoms. The summed E-state index contributed by atoms with van der Waals surface area (Å²) in [6, 6.07) is -0.841. The topological polar surface area (TPSA) is 81.1 Å². The Kier molecular flexibility index (Phi) is 2.73. The number of aliphatic carboxylic acids is 1. The van der Waals surface area contributed by atoms with E-state index in [0.29, 0.717) is 6.42 Å². The maximum Gasteiger partial charge on any atom is 0.320 e. The zero-order chi connectivity index (χ0) is 10.8. The first-order valence-corrected chi connectivity index (χ1v) is 5.19. The largest absolute Gasteiger partial charge is 0.480 e. The number of rotatable bonds is 3. The van der Waals surface area contributed by atoms with Crippen molar-refractivity contribution in [2.75, 3.05) is 0 Å². The van der Waals surface area contributed by atoms with Gasteiger partial charge in [-0.2, -0.15) is 0 Å². The van der Waals surface area contributed by atoms with Gasteiger partial charge in [-0.1, -0.05) is 0 Å². The molecule has 2 rings (SSSR count). The number of imidazole rings is 1. The molecule has 0 saturated carbocycles. The van der Waals surface area contributed by atoms with E-state index < -0.39 is 12.0 Å². The first-order chi connectivity index (χ1) is 7.18. The minimum atomic E-state index is -0.965. The van der Waals surface area contributed by atoms with Gasteiger partial charge in [-0.25, -0.2) is 4.98 Å². The Bertz CT molecular complexity index is 373. The van der Waals surface area contributed by atoms with Crippen LogP contribution in [-0.4, -0.2) is 26.7 Å². The van der Waals surface area contributed by atoms with Crippen LogP contribution in [0.2, 0.25) is 0 Å². The Hall–Kier alpha value is -1.36. The summed E-state index contributed by atoms with van der Waals surface area (Å²) in [6.07, 6.45) is 5.44. The van der Waals surface area contributed by atoms with Crippen molar-refractivity contribution in [3.8, 4) is 0 Å². The van der Waals surface area contributed by atoms with Crippen LogP contribution in [0.1, 0.15) is 24.2 Å². The van der Waals surface area contributed by atoms with Crippen molar-refractivity contribution in [2.45, 2.75) is 38.3 Å². The Balaban J connectivity index is 2.15. The van der Waals surface area contributed by atoms with Gasteiger partial charge in [0.2, 0.25) is 0 Å². The van der Waals surface area contributed by atoms with E-state index in [4.69, 9.17) is 10.8 Å². The fraction of sp³-hybridized carbons (Fsp3) is 0.600. The highest BCUT2D eigenvalue weighted by molar-refractivity contribution is 5.73. The maximum absolute atomic E-state index is 10.6. The summed E-state index contributed by atoms with van der Waals surface area (Å²) in [4.78, 5) is 14.9. The maximum atomic E-state index is 10.6. The highest BCUT2D eigenvalue weighted by atomic mass is 16.4. The van der Waals surface area contributed by atoms with Crippen LogP contribution < -0.4 is 5.73 Å². The number of aromatic nitrogens is 2. The highest BCUT2D eigenvalue weighted by Gasteiger charge is 2.19. The van der Waals surface area contributed by atoms with E-state index in [-0.39, 0.29) is 0 Å². The zero-order valence-corrected chi connectivity index (χ0v) is 8.52. The predicted octanol–water partition coefficient (Wildman–Crippen LogP) is 0.174. The van der Waals surface area contributed by atoms with Crippen molar-refractivity contribution in [3.05, 3.63) is 17.7 Å². The number of carboxylic acids is 1. The number of nitrogens with two attached hydrogens (primary N) is 1. The van der Waals surface area contributed by atoms with Crippen LogP contribution >= 0.6 is 0 Å². The summed E-state index contributed by atoms with van der Waals surface area (Å²) in [7, 11) is 0. The van der Waals surface area contributed by atoms with Gasteiger partial charge in [0.25, 0.3) is 0 Å². The SMILES string of the molecule is NC(Cc1ncn2c1CCCC2)C(=O)O. The lowest BCUT2D eigenvalue weighted by Gasteiger charge is -2.15. The molecular formula is C10H15N3O2. The van der Waals surface area contributed by atoms with Gasteiger partial charge in [-0.15, -0.1) is 0 Å². The van der Waals surface area contributed by atoms with Crippen molar-refractivity contribution in [1.82, 2.24) is 9.55 Å². The molecule has 15 heavy (non-hydrogen) atoms. The van der Waals surface area contributed by atoms with Crippen LogP contribution in [0.25, 0.3) is 0 Å². The van der Waals surface area contributed by atoms with Crippen LogP contribution in [0.3, 0.4) is 0 Å². The van der Waals surface area contributed by atoms with Crippen molar-refractivity contribution >= 4 is 5.97 Å². The summed E-state index contributed by atoms with van der Waals surface area (Å²) in [6.45, 7) is 0.991. The molecule has 82 valence electrons. The van der Waals surface area contributed by atoms with Crippen LogP contribution in [0, 0.1) is 0 Å². The van der Waals surface area contributed by atoms with Gasteiger partial charge in [-0.05, 0) is 19.3 Å². The Morgan fingerprint density at radius 1 is 1.67 bits per heavy atom. The summed E-state index contributed by atoms with van der Waals surface area (Å²) in [5.74, 6) is -0.965. The fourth-order valence-electron chi connectivity index (χ4n) is 1.97. The van der Waals surface area contributed by atoms with Crippen LogP contribution in [0.15, 0.2) is 6.33 Å². The van der Waals surface area contributed by atoms with Gasteiger partial charge >= 0.3 is 5.97 Å². The molecule has 1 aliphatic rings. The summed E-state index contributed by atoms with van der Waals surface area (Å²) >= 11 is 0. The van der Waals surface area contributed by atoms with E-state index >= 15 is 0 Å². The number of carboxylic acid groups (broad SMARTS) is 1. The molecule has 0 amide bonds. The third-order valence-electron chi connectivity index (χ3n) is 2.83. The Morgan fingerprint density at radius 3 is 3.20 bits per heavy atom. The average Bonchev–Trinajstić information content (AvgIpc) is 2.62. The molecule has 0 fully saturated rings. The quantitative estimate of drug-likeness (QED) is 0.743. The summed E-state index contributed by atoms with van der Waals surface area (Å²) < 4.78 is 2.10. The van der Waals surface area contributed by atoms with E-state index in [1.165, 1.54) is 6.42 Å². The first-order valence-electron chi connectivity index (χ1n) is 5.19. The van der Waals surface area contributed by atoms with Gasteiger partial charge in [0, 0.05) is 18.7 Å². The third-order valence-corrected chi connectivity index (χ3v) is 2.83. The number of aryl methyl sites for hydroxylation is 1. The molecule has 1 aromatic rings. The molecule has 0 aliphatic carbocycles. The molecule has 0 saturated heterocycles. The number of nitrogens with zero attached hydrogens (tertiary/aromatic N) is 2. The first kappa shape index (κ1) is 10.2.